The number of carbonyl (C=O) groups is 1. The van der Waals surface area contributed by atoms with E-state index in [-0.39, 0.29) is 12.0 Å². The van der Waals surface area contributed by atoms with Gasteiger partial charge in [-0.25, -0.2) is 4.98 Å². The van der Waals surface area contributed by atoms with E-state index in [4.69, 9.17) is 4.74 Å². The van der Waals surface area contributed by atoms with Crippen molar-refractivity contribution >= 4 is 23.1 Å². The Morgan fingerprint density at radius 3 is 3.14 bits per heavy atom. The lowest BCUT2D eigenvalue weighted by molar-refractivity contribution is 0.0961. The standard InChI is InChI=1S/C14H14N4O2S/c1-8-7-18(10-3-2-6-15-13(10)20-8)14(19)12-11(9-4-5-9)16-17-21-12/h2-3,6,8-9H,4-5,7H2,1H3. The van der Waals surface area contributed by atoms with Crippen molar-refractivity contribution in [3.05, 3.63) is 28.9 Å². The Kier molecular flexibility index (Phi) is 2.88. The molecule has 1 aliphatic carbocycles. The third kappa shape index (κ3) is 2.17. The summed E-state index contributed by atoms with van der Waals surface area (Å²) in [7, 11) is 0. The number of aromatic nitrogens is 3. The molecule has 0 spiro atoms. The predicted molar refractivity (Wildman–Crippen MR) is 77.9 cm³/mol. The molecule has 0 radical (unpaired) electrons. The molecule has 4 rings (SSSR count). The van der Waals surface area contributed by atoms with Crippen LogP contribution in [0.3, 0.4) is 0 Å². The van der Waals surface area contributed by atoms with Gasteiger partial charge >= 0.3 is 0 Å². The molecule has 1 amide bonds. The number of pyridine rings is 1. The largest absolute Gasteiger partial charge is 0.471 e. The molecule has 3 heterocycles. The van der Waals surface area contributed by atoms with Crippen molar-refractivity contribution < 1.29 is 9.53 Å². The highest BCUT2D eigenvalue weighted by Crippen LogP contribution is 2.42. The van der Waals surface area contributed by atoms with Crippen molar-refractivity contribution in [2.45, 2.75) is 31.8 Å². The van der Waals surface area contributed by atoms with E-state index >= 15 is 0 Å². The second-order valence-electron chi connectivity index (χ2n) is 5.43. The molecule has 1 aliphatic heterocycles. The van der Waals surface area contributed by atoms with Crippen LogP contribution in [0.4, 0.5) is 5.69 Å². The number of rotatable bonds is 2. The van der Waals surface area contributed by atoms with Crippen molar-refractivity contribution in [2.75, 3.05) is 11.4 Å². The monoisotopic (exact) mass is 302 g/mol. The summed E-state index contributed by atoms with van der Waals surface area (Å²) in [6, 6.07) is 3.67. The lowest BCUT2D eigenvalue weighted by Gasteiger charge is -2.32. The van der Waals surface area contributed by atoms with Gasteiger partial charge in [-0.3, -0.25) is 9.69 Å². The summed E-state index contributed by atoms with van der Waals surface area (Å²) in [4.78, 5) is 19.5. The highest BCUT2D eigenvalue weighted by Gasteiger charge is 2.36. The number of ether oxygens (including phenoxy) is 1. The Morgan fingerprint density at radius 2 is 2.33 bits per heavy atom. The van der Waals surface area contributed by atoms with Gasteiger partial charge in [0.15, 0.2) is 0 Å². The molecule has 0 N–H and O–H groups in total. The quantitative estimate of drug-likeness (QED) is 0.851. The highest BCUT2D eigenvalue weighted by atomic mass is 32.1. The zero-order valence-corrected chi connectivity index (χ0v) is 12.3. The average Bonchev–Trinajstić information content (AvgIpc) is 3.22. The molecule has 0 bridgehead atoms. The van der Waals surface area contributed by atoms with Crippen molar-refractivity contribution in [2.24, 2.45) is 0 Å². The summed E-state index contributed by atoms with van der Waals surface area (Å²) >= 11 is 1.18. The SMILES string of the molecule is CC1CN(C(=O)c2snnc2C2CC2)c2cccnc2O1. The topological polar surface area (TPSA) is 68.2 Å². The lowest BCUT2D eigenvalue weighted by atomic mass is 10.2. The summed E-state index contributed by atoms with van der Waals surface area (Å²) in [6.07, 6.45) is 3.79. The molecule has 1 unspecified atom stereocenters. The Morgan fingerprint density at radius 1 is 1.48 bits per heavy atom. The molecule has 2 aliphatic rings. The molecule has 0 aromatic carbocycles. The normalized spacial score (nSPS) is 20.8. The maximum Gasteiger partial charge on any atom is 0.272 e. The van der Waals surface area contributed by atoms with Crippen LogP contribution in [0.1, 0.15) is 41.0 Å². The van der Waals surface area contributed by atoms with Crippen LogP contribution in [0.25, 0.3) is 0 Å². The van der Waals surface area contributed by atoms with Gasteiger partial charge in [-0.05, 0) is 43.4 Å². The van der Waals surface area contributed by atoms with Gasteiger partial charge in [-0.2, -0.15) is 0 Å². The Hall–Kier alpha value is -2.02. The van der Waals surface area contributed by atoms with Gasteiger partial charge in [0.1, 0.15) is 16.7 Å². The molecule has 108 valence electrons. The minimum absolute atomic E-state index is 0.0451. The van der Waals surface area contributed by atoms with E-state index in [1.165, 1.54) is 11.5 Å². The zero-order valence-electron chi connectivity index (χ0n) is 11.5. The number of nitrogens with zero attached hydrogens (tertiary/aromatic N) is 4. The second-order valence-corrected chi connectivity index (χ2v) is 6.19. The van der Waals surface area contributed by atoms with Crippen LogP contribution < -0.4 is 9.64 Å². The average molecular weight is 302 g/mol. The maximum atomic E-state index is 12.9. The van der Waals surface area contributed by atoms with Crippen LogP contribution in [0.15, 0.2) is 18.3 Å². The van der Waals surface area contributed by atoms with Crippen LogP contribution in [-0.2, 0) is 0 Å². The summed E-state index contributed by atoms with van der Waals surface area (Å²) in [5, 5.41) is 4.14. The molecule has 6 nitrogen and oxygen atoms in total. The van der Waals surface area contributed by atoms with Gasteiger partial charge in [-0.1, -0.05) is 4.49 Å². The molecule has 1 saturated carbocycles. The highest BCUT2D eigenvalue weighted by molar-refractivity contribution is 7.08. The van der Waals surface area contributed by atoms with Crippen LogP contribution in [0, 0.1) is 0 Å². The van der Waals surface area contributed by atoms with Crippen LogP contribution in [0.5, 0.6) is 5.88 Å². The summed E-state index contributed by atoms with van der Waals surface area (Å²) in [6.45, 7) is 2.45. The number of carbonyl (C=O) groups excluding carboxylic acids is 1. The van der Waals surface area contributed by atoms with Gasteiger partial charge in [0.2, 0.25) is 5.88 Å². The predicted octanol–water partition coefficient (Wildman–Crippen LogP) is 2.24. The number of hydrogen-bond acceptors (Lipinski definition) is 6. The maximum absolute atomic E-state index is 12.9. The van der Waals surface area contributed by atoms with Gasteiger partial charge in [0.05, 0.1) is 12.2 Å². The molecular weight excluding hydrogens is 288 g/mol. The van der Waals surface area contributed by atoms with Gasteiger partial charge < -0.3 is 4.74 Å². The fraction of sp³-hybridized carbons (Fsp3) is 0.429. The minimum Gasteiger partial charge on any atom is -0.471 e. The number of fused-ring (bicyclic) bond motifs is 1. The number of anilines is 1. The van der Waals surface area contributed by atoms with E-state index in [0.717, 1.165) is 24.2 Å². The van der Waals surface area contributed by atoms with Crippen molar-refractivity contribution in [3.63, 3.8) is 0 Å². The fourth-order valence-electron chi connectivity index (χ4n) is 2.55. The summed E-state index contributed by atoms with van der Waals surface area (Å²) < 4.78 is 9.66. The van der Waals surface area contributed by atoms with Crippen molar-refractivity contribution in [1.82, 2.24) is 14.6 Å². The molecule has 2 aromatic heterocycles. The van der Waals surface area contributed by atoms with E-state index < -0.39 is 0 Å². The first-order chi connectivity index (χ1) is 10.2. The third-order valence-electron chi connectivity index (χ3n) is 3.71. The van der Waals surface area contributed by atoms with Crippen LogP contribution in [-0.4, -0.2) is 33.1 Å². The first-order valence-electron chi connectivity index (χ1n) is 7.00. The van der Waals surface area contributed by atoms with Crippen LogP contribution >= 0.6 is 11.5 Å². The number of amides is 1. The molecule has 0 saturated heterocycles. The smallest absolute Gasteiger partial charge is 0.272 e. The van der Waals surface area contributed by atoms with E-state index in [1.54, 1.807) is 11.1 Å². The van der Waals surface area contributed by atoms with Gasteiger partial charge in [-0.15, -0.1) is 5.10 Å². The second kappa shape index (κ2) is 4.77. The lowest BCUT2D eigenvalue weighted by Crippen LogP contribution is -2.42. The third-order valence-corrected chi connectivity index (χ3v) is 4.44. The van der Waals surface area contributed by atoms with Crippen LogP contribution in [0.2, 0.25) is 0 Å². The van der Waals surface area contributed by atoms with E-state index in [1.807, 2.05) is 19.1 Å². The number of hydrogen-bond donors (Lipinski definition) is 0. The van der Waals surface area contributed by atoms with E-state index in [2.05, 4.69) is 14.6 Å². The van der Waals surface area contributed by atoms with Crippen molar-refractivity contribution in [3.8, 4) is 5.88 Å². The van der Waals surface area contributed by atoms with Crippen molar-refractivity contribution in [1.29, 1.82) is 0 Å². The Bertz CT molecular complexity index is 698. The van der Waals surface area contributed by atoms with E-state index in [9.17, 15) is 4.79 Å². The first kappa shape index (κ1) is 12.7. The molecule has 21 heavy (non-hydrogen) atoms. The fourth-order valence-corrected chi connectivity index (χ4v) is 3.25. The summed E-state index contributed by atoms with van der Waals surface area (Å²) in [5.74, 6) is 0.876. The van der Waals surface area contributed by atoms with Gasteiger partial charge in [0, 0.05) is 12.1 Å². The summed E-state index contributed by atoms with van der Waals surface area (Å²) in [5.41, 5.74) is 1.57. The van der Waals surface area contributed by atoms with Gasteiger partial charge in [0.25, 0.3) is 5.91 Å². The molecule has 7 heteroatoms. The molecule has 1 atom stereocenters. The first-order valence-corrected chi connectivity index (χ1v) is 7.77. The molecular formula is C14H14N4O2S. The molecule has 2 aromatic rings. The van der Waals surface area contributed by atoms with E-state index in [0.29, 0.717) is 23.2 Å². The Balaban J connectivity index is 1.72. The Labute approximate surface area is 125 Å². The molecule has 1 fully saturated rings. The minimum atomic E-state index is -0.0818. The zero-order chi connectivity index (χ0) is 14.4.